The molecule has 0 aromatic carbocycles. The predicted molar refractivity (Wildman–Crippen MR) is 67.8 cm³/mol. The molecule has 1 amide bonds. The van der Waals surface area contributed by atoms with Crippen LogP contribution in [0.25, 0.3) is 0 Å². The van der Waals surface area contributed by atoms with Gasteiger partial charge in [-0.2, -0.15) is 0 Å². The number of nitrogens with two attached hydrogens (primary N) is 1. The predicted octanol–water partition coefficient (Wildman–Crippen LogP) is 1.40. The van der Waals surface area contributed by atoms with Crippen molar-refractivity contribution in [3.05, 3.63) is 23.4 Å². The van der Waals surface area contributed by atoms with Gasteiger partial charge in [-0.1, -0.05) is 6.07 Å². The van der Waals surface area contributed by atoms with Crippen LogP contribution in [-0.2, 0) is 4.79 Å². The molecule has 4 heteroatoms. The maximum Gasteiger partial charge on any atom is 0.220 e. The highest BCUT2D eigenvalue weighted by Gasteiger charge is 2.24. The molecule has 1 aliphatic rings. The molecule has 0 unspecified atom stereocenters. The summed E-state index contributed by atoms with van der Waals surface area (Å²) >= 11 is 0. The van der Waals surface area contributed by atoms with E-state index in [1.165, 1.54) is 11.1 Å². The van der Waals surface area contributed by atoms with Gasteiger partial charge in [0.1, 0.15) is 5.82 Å². The first-order chi connectivity index (χ1) is 8.08. The number of hydrogen-bond donors (Lipinski definition) is 1. The van der Waals surface area contributed by atoms with Gasteiger partial charge in [0.2, 0.25) is 5.91 Å². The normalized spacial score (nSPS) is 17.2. The number of carbonyl (C=O) groups is 1. The molecular formula is C13H19N3O. The van der Waals surface area contributed by atoms with E-state index >= 15 is 0 Å². The van der Waals surface area contributed by atoms with E-state index < -0.39 is 0 Å². The summed E-state index contributed by atoms with van der Waals surface area (Å²) in [6.45, 7) is 5.85. The van der Waals surface area contributed by atoms with Gasteiger partial charge in [-0.05, 0) is 37.8 Å². The fourth-order valence-electron chi connectivity index (χ4n) is 2.41. The number of hydrogen-bond acceptors (Lipinski definition) is 3. The second kappa shape index (κ2) is 4.73. The average molecular weight is 233 g/mol. The average Bonchev–Trinajstić information content (AvgIpc) is 2.29. The van der Waals surface area contributed by atoms with Gasteiger partial charge >= 0.3 is 0 Å². The van der Waals surface area contributed by atoms with E-state index in [4.69, 9.17) is 5.73 Å². The van der Waals surface area contributed by atoms with Crippen LogP contribution in [-0.4, -0.2) is 24.0 Å². The number of primary amides is 1. The molecule has 0 spiro atoms. The van der Waals surface area contributed by atoms with E-state index in [9.17, 15) is 4.79 Å². The van der Waals surface area contributed by atoms with Crippen molar-refractivity contribution in [2.24, 2.45) is 11.7 Å². The summed E-state index contributed by atoms with van der Waals surface area (Å²) < 4.78 is 0. The Morgan fingerprint density at radius 2 is 2.06 bits per heavy atom. The van der Waals surface area contributed by atoms with Crippen molar-refractivity contribution in [2.45, 2.75) is 26.7 Å². The maximum atomic E-state index is 11.1. The number of anilines is 1. The largest absolute Gasteiger partial charge is 0.369 e. The molecule has 0 radical (unpaired) electrons. The highest BCUT2D eigenvalue weighted by molar-refractivity contribution is 5.77. The fourth-order valence-corrected chi connectivity index (χ4v) is 2.41. The Balaban J connectivity index is 2.08. The van der Waals surface area contributed by atoms with E-state index in [-0.39, 0.29) is 11.8 Å². The van der Waals surface area contributed by atoms with E-state index in [1.807, 2.05) is 13.1 Å². The van der Waals surface area contributed by atoms with Gasteiger partial charge in [-0.3, -0.25) is 4.79 Å². The summed E-state index contributed by atoms with van der Waals surface area (Å²) in [7, 11) is 0. The van der Waals surface area contributed by atoms with E-state index in [0.29, 0.717) is 0 Å². The lowest BCUT2D eigenvalue weighted by Crippen LogP contribution is -2.39. The van der Waals surface area contributed by atoms with Crippen LogP contribution in [0.4, 0.5) is 5.82 Å². The standard InChI is InChI=1S/C13H19N3O/c1-9-7-10(2)13(15-8-9)16-5-3-11(4-6-16)12(14)17/h7-8,11H,3-6H2,1-2H3,(H2,14,17). The van der Waals surface area contributed by atoms with Gasteiger partial charge in [0.05, 0.1) is 0 Å². The molecule has 92 valence electrons. The van der Waals surface area contributed by atoms with E-state index in [1.54, 1.807) is 0 Å². The van der Waals surface area contributed by atoms with E-state index in [0.717, 1.165) is 31.7 Å². The highest BCUT2D eigenvalue weighted by Crippen LogP contribution is 2.24. The number of aromatic nitrogens is 1. The lowest BCUT2D eigenvalue weighted by molar-refractivity contribution is -0.122. The third-order valence-electron chi connectivity index (χ3n) is 3.38. The maximum absolute atomic E-state index is 11.1. The molecule has 1 fully saturated rings. The minimum atomic E-state index is -0.168. The van der Waals surface area contributed by atoms with Gasteiger partial charge in [-0.25, -0.2) is 4.98 Å². The minimum Gasteiger partial charge on any atom is -0.369 e. The lowest BCUT2D eigenvalue weighted by atomic mass is 9.96. The van der Waals surface area contributed by atoms with Crippen molar-refractivity contribution in [3.63, 3.8) is 0 Å². The lowest BCUT2D eigenvalue weighted by Gasteiger charge is -2.32. The first-order valence-electron chi connectivity index (χ1n) is 6.05. The number of nitrogens with zero attached hydrogens (tertiary/aromatic N) is 2. The van der Waals surface area contributed by atoms with Gasteiger partial charge in [0.15, 0.2) is 0 Å². The van der Waals surface area contributed by atoms with Crippen LogP contribution in [0.2, 0.25) is 0 Å². The Kier molecular flexibility index (Phi) is 3.31. The first-order valence-corrected chi connectivity index (χ1v) is 6.05. The molecule has 0 saturated carbocycles. The SMILES string of the molecule is Cc1cnc(N2CCC(C(N)=O)CC2)c(C)c1. The molecule has 0 atom stereocenters. The zero-order valence-corrected chi connectivity index (χ0v) is 10.4. The smallest absolute Gasteiger partial charge is 0.220 e. The molecule has 0 bridgehead atoms. The van der Waals surface area contributed by atoms with Crippen molar-refractivity contribution in [3.8, 4) is 0 Å². The Morgan fingerprint density at radius 1 is 1.41 bits per heavy atom. The van der Waals surface area contributed by atoms with Gasteiger partial charge in [0.25, 0.3) is 0 Å². The first kappa shape index (κ1) is 11.9. The number of pyridine rings is 1. The quantitative estimate of drug-likeness (QED) is 0.840. The molecule has 1 saturated heterocycles. The zero-order chi connectivity index (χ0) is 12.4. The highest BCUT2D eigenvalue weighted by atomic mass is 16.1. The Bertz CT molecular complexity index is 423. The number of aryl methyl sites for hydroxylation is 2. The van der Waals surface area contributed by atoms with Crippen molar-refractivity contribution in [1.29, 1.82) is 0 Å². The molecule has 1 aliphatic heterocycles. The minimum absolute atomic E-state index is 0.0389. The zero-order valence-electron chi connectivity index (χ0n) is 10.4. The van der Waals surface area contributed by atoms with Crippen LogP contribution in [0, 0.1) is 19.8 Å². The van der Waals surface area contributed by atoms with Crippen molar-refractivity contribution < 1.29 is 4.79 Å². The number of piperidine rings is 1. The summed E-state index contributed by atoms with van der Waals surface area (Å²) in [5.41, 5.74) is 7.70. The molecule has 2 N–H and O–H groups in total. The monoisotopic (exact) mass is 233 g/mol. The van der Waals surface area contributed by atoms with Gasteiger partial charge < -0.3 is 10.6 Å². The molecule has 1 aromatic heterocycles. The molecule has 2 rings (SSSR count). The van der Waals surface area contributed by atoms with Crippen LogP contribution in [0.15, 0.2) is 12.3 Å². The van der Waals surface area contributed by atoms with Crippen LogP contribution in [0.3, 0.4) is 0 Å². The Labute approximate surface area is 102 Å². The van der Waals surface area contributed by atoms with Crippen LogP contribution < -0.4 is 10.6 Å². The van der Waals surface area contributed by atoms with Gasteiger partial charge in [-0.15, -0.1) is 0 Å². The van der Waals surface area contributed by atoms with Crippen LogP contribution in [0.5, 0.6) is 0 Å². The topological polar surface area (TPSA) is 59.2 Å². The Morgan fingerprint density at radius 3 is 2.59 bits per heavy atom. The number of amides is 1. The van der Waals surface area contributed by atoms with Crippen molar-refractivity contribution in [2.75, 3.05) is 18.0 Å². The second-order valence-electron chi connectivity index (χ2n) is 4.82. The molecule has 4 nitrogen and oxygen atoms in total. The number of rotatable bonds is 2. The third-order valence-corrected chi connectivity index (χ3v) is 3.38. The summed E-state index contributed by atoms with van der Waals surface area (Å²) in [5, 5.41) is 0. The van der Waals surface area contributed by atoms with Crippen molar-refractivity contribution in [1.82, 2.24) is 4.98 Å². The van der Waals surface area contributed by atoms with E-state index in [2.05, 4.69) is 22.9 Å². The van der Waals surface area contributed by atoms with Crippen molar-refractivity contribution >= 4 is 11.7 Å². The van der Waals surface area contributed by atoms with Crippen LogP contribution >= 0.6 is 0 Å². The third kappa shape index (κ3) is 2.57. The summed E-state index contributed by atoms with van der Waals surface area (Å²) in [4.78, 5) is 17.8. The molecular weight excluding hydrogens is 214 g/mol. The molecule has 17 heavy (non-hydrogen) atoms. The summed E-state index contributed by atoms with van der Waals surface area (Å²) in [5.74, 6) is 0.911. The Hall–Kier alpha value is -1.58. The van der Waals surface area contributed by atoms with Gasteiger partial charge in [0, 0.05) is 25.2 Å². The molecule has 1 aromatic rings. The summed E-state index contributed by atoms with van der Waals surface area (Å²) in [6.07, 6.45) is 3.57. The second-order valence-corrected chi connectivity index (χ2v) is 4.82. The summed E-state index contributed by atoms with van der Waals surface area (Å²) in [6, 6.07) is 2.14. The fraction of sp³-hybridized carbons (Fsp3) is 0.538. The number of carbonyl (C=O) groups excluding carboxylic acids is 1. The molecule has 2 heterocycles. The van der Waals surface area contributed by atoms with Crippen LogP contribution in [0.1, 0.15) is 24.0 Å². The molecule has 0 aliphatic carbocycles.